The Hall–Kier alpha value is -1.23. The molecular weight excluding hydrogens is 296 g/mol. The lowest BCUT2D eigenvalue weighted by Crippen LogP contribution is -2.44. The molecule has 2 atom stereocenters. The topological polar surface area (TPSA) is 59.1 Å². The number of piperidine rings is 1. The van der Waals surface area contributed by atoms with Crippen LogP contribution in [0.25, 0.3) is 0 Å². The van der Waals surface area contributed by atoms with Crippen LogP contribution in [0.1, 0.15) is 37.8 Å². The number of nitrogens with one attached hydrogen (secondary N) is 1. The molecule has 2 unspecified atom stereocenters. The molecule has 0 spiro atoms. The highest BCUT2D eigenvalue weighted by Gasteiger charge is 2.36. The highest BCUT2D eigenvalue weighted by atomic mass is 79.9. The molecule has 1 fully saturated rings. The number of hydrogen-bond acceptors (Lipinski definition) is 3. The number of pyridine rings is 1. The summed E-state index contributed by atoms with van der Waals surface area (Å²) in [4.78, 5) is 27.7. The van der Waals surface area contributed by atoms with Gasteiger partial charge in [-0.2, -0.15) is 0 Å². The quantitative estimate of drug-likeness (QED) is 0.872. The average molecular weight is 311 g/mol. The van der Waals surface area contributed by atoms with E-state index in [9.17, 15) is 9.59 Å². The molecule has 1 aromatic rings. The molecule has 2 rings (SSSR count). The van der Waals surface area contributed by atoms with Gasteiger partial charge in [0.25, 0.3) is 0 Å². The first-order chi connectivity index (χ1) is 8.61. The molecule has 1 saturated heterocycles. The number of halogens is 1. The number of rotatable bonds is 3. The standard InChI is InChI=1S/C13H15BrN2O2/c1-2-3-9-10(6-12(17)16-13(9)18)11-5-4-8(14)7-15-11/h4-5,7,9-10H,2-3,6H2,1H3,(H,16,17,18). The van der Waals surface area contributed by atoms with Crippen molar-refractivity contribution in [1.82, 2.24) is 10.3 Å². The summed E-state index contributed by atoms with van der Waals surface area (Å²) in [5.41, 5.74) is 0.819. The lowest BCUT2D eigenvalue weighted by Gasteiger charge is -2.29. The summed E-state index contributed by atoms with van der Waals surface area (Å²) in [7, 11) is 0. The van der Waals surface area contributed by atoms with Gasteiger partial charge in [-0.15, -0.1) is 0 Å². The zero-order valence-electron chi connectivity index (χ0n) is 10.1. The van der Waals surface area contributed by atoms with Crippen LogP contribution < -0.4 is 5.32 Å². The molecule has 5 heteroatoms. The molecule has 1 aliphatic heterocycles. The minimum absolute atomic E-state index is 0.0979. The molecule has 96 valence electrons. The highest BCUT2D eigenvalue weighted by Crippen LogP contribution is 2.33. The monoisotopic (exact) mass is 310 g/mol. The molecule has 1 aliphatic rings. The zero-order valence-corrected chi connectivity index (χ0v) is 11.7. The van der Waals surface area contributed by atoms with E-state index in [2.05, 4.69) is 26.2 Å². The molecule has 0 aromatic carbocycles. The second-order valence-corrected chi connectivity index (χ2v) is 5.44. The summed E-state index contributed by atoms with van der Waals surface area (Å²) in [6.45, 7) is 2.04. The Labute approximate surface area is 114 Å². The molecule has 1 aromatic heterocycles. The Morgan fingerprint density at radius 3 is 2.83 bits per heavy atom. The number of carbonyl (C=O) groups excluding carboxylic acids is 2. The molecule has 4 nitrogen and oxygen atoms in total. The third-order valence-corrected chi connectivity index (χ3v) is 3.69. The number of carbonyl (C=O) groups is 2. The van der Waals surface area contributed by atoms with Crippen molar-refractivity contribution in [3.05, 3.63) is 28.5 Å². The third-order valence-electron chi connectivity index (χ3n) is 3.22. The smallest absolute Gasteiger partial charge is 0.230 e. The van der Waals surface area contributed by atoms with Crippen molar-refractivity contribution in [3.8, 4) is 0 Å². The van der Waals surface area contributed by atoms with E-state index in [1.54, 1.807) is 6.20 Å². The van der Waals surface area contributed by atoms with Gasteiger partial charge in [-0.1, -0.05) is 13.3 Å². The van der Waals surface area contributed by atoms with Crippen molar-refractivity contribution in [2.45, 2.75) is 32.1 Å². The van der Waals surface area contributed by atoms with Gasteiger partial charge in [0, 0.05) is 34.6 Å². The Bertz CT molecular complexity index is 459. The summed E-state index contributed by atoms with van der Waals surface area (Å²) >= 11 is 3.33. The van der Waals surface area contributed by atoms with Crippen LogP contribution in [-0.4, -0.2) is 16.8 Å². The summed E-state index contributed by atoms with van der Waals surface area (Å²) in [5.74, 6) is -0.620. The average Bonchev–Trinajstić information content (AvgIpc) is 2.33. The van der Waals surface area contributed by atoms with Crippen molar-refractivity contribution in [3.63, 3.8) is 0 Å². The fourth-order valence-electron chi connectivity index (χ4n) is 2.37. The van der Waals surface area contributed by atoms with Gasteiger partial charge in [0.1, 0.15) is 0 Å². The first-order valence-electron chi connectivity index (χ1n) is 6.07. The van der Waals surface area contributed by atoms with Gasteiger partial charge < -0.3 is 0 Å². The molecule has 0 aliphatic carbocycles. The molecular formula is C13H15BrN2O2. The molecule has 2 amide bonds. The van der Waals surface area contributed by atoms with Crippen LogP contribution in [0, 0.1) is 5.92 Å². The fourth-order valence-corrected chi connectivity index (χ4v) is 2.60. The van der Waals surface area contributed by atoms with E-state index < -0.39 is 0 Å². The largest absolute Gasteiger partial charge is 0.296 e. The van der Waals surface area contributed by atoms with E-state index in [0.717, 1.165) is 23.0 Å². The zero-order chi connectivity index (χ0) is 13.1. The van der Waals surface area contributed by atoms with Crippen molar-refractivity contribution in [2.24, 2.45) is 5.92 Å². The summed E-state index contributed by atoms with van der Waals surface area (Å²) in [5, 5.41) is 2.41. The SMILES string of the molecule is CCCC1C(=O)NC(=O)CC1c1ccc(Br)cn1. The van der Waals surface area contributed by atoms with Gasteiger partial charge in [-0.3, -0.25) is 19.9 Å². The van der Waals surface area contributed by atoms with Crippen molar-refractivity contribution in [1.29, 1.82) is 0 Å². The first kappa shape index (κ1) is 13.2. The second-order valence-electron chi connectivity index (χ2n) is 4.52. The van der Waals surface area contributed by atoms with E-state index in [-0.39, 0.29) is 23.7 Å². The van der Waals surface area contributed by atoms with Crippen LogP contribution in [0.15, 0.2) is 22.8 Å². The van der Waals surface area contributed by atoms with E-state index in [0.29, 0.717) is 6.42 Å². The first-order valence-corrected chi connectivity index (χ1v) is 6.86. The molecule has 2 heterocycles. The maximum atomic E-state index is 11.9. The van der Waals surface area contributed by atoms with Gasteiger partial charge in [0.15, 0.2) is 0 Å². The molecule has 0 bridgehead atoms. The predicted octanol–water partition coefficient (Wildman–Crippen LogP) is 2.39. The maximum absolute atomic E-state index is 11.9. The Kier molecular flexibility index (Phi) is 4.11. The Morgan fingerprint density at radius 2 is 2.22 bits per heavy atom. The fraction of sp³-hybridized carbons (Fsp3) is 0.462. The summed E-state index contributed by atoms with van der Waals surface area (Å²) in [6.07, 6.45) is 3.74. The normalized spacial score (nSPS) is 23.9. The lowest BCUT2D eigenvalue weighted by molar-refractivity contribution is -0.137. The molecule has 18 heavy (non-hydrogen) atoms. The van der Waals surface area contributed by atoms with E-state index in [4.69, 9.17) is 0 Å². The Morgan fingerprint density at radius 1 is 1.44 bits per heavy atom. The van der Waals surface area contributed by atoms with Crippen LogP contribution in [0.5, 0.6) is 0 Å². The maximum Gasteiger partial charge on any atom is 0.230 e. The van der Waals surface area contributed by atoms with E-state index in [1.165, 1.54) is 0 Å². The minimum atomic E-state index is -0.206. The van der Waals surface area contributed by atoms with Crippen LogP contribution in [0.3, 0.4) is 0 Å². The minimum Gasteiger partial charge on any atom is -0.296 e. The predicted molar refractivity (Wildman–Crippen MR) is 70.8 cm³/mol. The number of amides is 2. The number of aromatic nitrogens is 1. The summed E-state index contributed by atoms with van der Waals surface area (Å²) in [6, 6.07) is 3.77. The summed E-state index contributed by atoms with van der Waals surface area (Å²) < 4.78 is 0.893. The van der Waals surface area contributed by atoms with Crippen LogP contribution in [0.4, 0.5) is 0 Å². The number of nitrogens with zero attached hydrogens (tertiary/aromatic N) is 1. The third kappa shape index (κ3) is 2.77. The Balaban J connectivity index is 2.28. The molecule has 1 N–H and O–H groups in total. The second kappa shape index (κ2) is 5.61. The van der Waals surface area contributed by atoms with Crippen molar-refractivity contribution >= 4 is 27.7 Å². The van der Waals surface area contributed by atoms with Crippen LogP contribution in [0.2, 0.25) is 0 Å². The van der Waals surface area contributed by atoms with Crippen LogP contribution >= 0.6 is 15.9 Å². The van der Waals surface area contributed by atoms with E-state index in [1.807, 2.05) is 19.1 Å². The number of imide groups is 1. The number of hydrogen-bond donors (Lipinski definition) is 1. The van der Waals surface area contributed by atoms with Gasteiger partial charge in [0.2, 0.25) is 11.8 Å². The van der Waals surface area contributed by atoms with Gasteiger partial charge >= 0.3 is 0 Å². The lowest BCUT2D eigenvalue weighted by atomic mass is 9.80. The molecule has 0 radical (unpaired) electrons. The van der Waals surface area contributed by atoms with Gasteiger partial charge in [-0.25, -0.2) is 0 Å². The highest BCUT2D eigenvalue weighted by molar-refractivity contribution is 9.10. The van der Waals surface area contributed by atoms with Gasteiger partial charge in [0.05, 0.1) is 0 Å². The van der Waals surface area contributed by atoms with Crippen molar-refractivity contribution < 1.29 is 9.59 Å². The molecule has 0 saturated carbocycles. The van der Waals surface area contributed by atoms with Crippen LogP contribution in [-0.2, 0) is 9.59 Å². The van der Waals surface area contributed by atoms with E-state index >= 15 is 0 Å². The van der Waals surface area contributed by atoms with Crippen molar-refractivity contribution in [2.75, 3.05) is 0 Å². The van der Waals surface area contributed by atoms with Gasteiger partial charge in [-0.05, 0) is 34.5 Å².